The van der Waals surface area contributed by atoms with Crippen molar-refractivity contribution in [2.45, 2.75) is 10.1 Å². The molecule has 0 radical (unpaired) electrons. The molecule has 5 aromatic heterocycles. The lowest BCUT2D eigenvalue weighted by molar-refractivity contribution is 0.421. The number of methoxy groups -OCH3 is 1. The summed E-state index contributed by atoms with van der Waals surface area (Å²) < 4.78 is 25.7. The highest BCUT2D eigenvalue weighted by atomic mass is 32.2. The van der Waals surface area contributed by atoms with Crippen molar-refractivity contribution in [3.63, 3.8) is 0 Å². The van der Waals surface area contributed by atoms with E-state index in [0.717, 1.165) is 32.5 Å². The first-order valence-corrected chi connectivity index (χ1v) is 11.5. The molecule has 0 spiro atoms. The minimum atomic E-state index is -0.448. The van der Waals surface area contributed by atoms with Gasteiger partial charge in [0.25, 0.3) is 0 Å². The average molecular weight is 487 g/mol. The summed E-state index contributed by atoms with van der Waals surface area (Å²) in [4.78, 5) is 5.50. The van der Waals surface area contributed by atoms with E-state index in [2.05, 4.69) is 25.4 Å². The molecule has 1 aromatic carbocycles. The third-order valence-electron chi connectivity index (χ3n) is 5.69. The summed E-state index contributed by atoms with van der Waals surface area (Å²) in [5.74, 6) is 0.262. The van der Waals surface area contributed by atoms with Gasteiger partial charge >= 0.3 is 0 Å². The molecule has 0 saturated carbocycles. The molecule has 0 aliphatic heterocycles. The smallest absolute Gasteiger partial charge is 0.200 e. The number of aryl methyl sites for hydroxylation is 2. The second-order valence-electron chi connectivity index (χ2n) is 8.04. The fourth-order valence-corrected chi connectivity index (χ4v) is 4.88. The van der Waals surface area contributed by atoms with Crippen LogP contribution in [0.5, 0.6) is 5.75 Å². The molecule has 0 atom stereocenters. The maximum Gasteiger partial charge on any atom is 0.200 e. The van der Waals surface area contributed by atoms with Crippen LogP contribution in [0.4, 0.5) is 4.39 Å². The summed E-state index contributed by atoms with van der Waals surface area (Å²) in [6, 6.07) is 7.32. The van der Waals surface area contributed by atoms with Crippen LogP contribution in [0.2, 0.25) is 0 Å². The topological polar surface area (TPSA) is 87.9 Å². The van der Waals surface area contributed by atoms with Crippen molar-refractivity contribution in [3.05, 3.63) is 67.3 Å². The van der Waals surface area contributed by atoms with Crippen LogP contribution in [0, 0.1) is 5.82 Å². The Morgan fingerprint density at radius 3 is 2.37 bits per heavy atom. The molecule has 0 aliphatic rings. The van der Waals surface area contributed by atoms with E-state index in [4.69, 9.17) is 4.74 Å². The molecule has 6 rings (SSSR count). The molecule has 0 bridgehead atoms. The Bertz CT molecular complexity index is 1720. The molecule has 6 aromatic rings. The molecule has 11 heteroatoms. The van der Waals surface area contributed by atoms with Gasteiger partial charge in [0.05, 0.1) is 25.0 Å². The quantitative estimate of drug-likeness (QED) is 0.357. The van der Waals surface area contributed by atoms with Gasteiger partial charge in [0, 0.05) is 71.4 Å². The molecule has 0 saturated heterocycles. The first kappa shape index (κ1) is 21.3. The van der Waals surface area contributed by atoms with Crippen molar-refractivity contribution in [2.75, 3.05) is 7.11 Å². The largest absolute Gasteiger partial charge is 0.495 e. The van der Waals surface area contributed by atoms with Crippen molar-refractivity contribution in [1.29, 1.82) is 0 Å². The van der Waals surface area contributed by atoms with Gasteiger partial charge in [-0.25, -0.2) is 4.39 Å². The van der Waals surface area contributed by atoms with E-state index in [1.165, 1.54) is 17.8 Å². The molecule has 5 heterocycles. The number of fused-ring (bicyclic) bond motifs is 2. The van der Waals surface area contributed by atoms with Crippen molar-refractivity contribution in [2.24, 2.45) is 14.1 Å². The number of hydrogen-bond donors (Lipinski definition) is 0. The average Bonchev–Trinajstić information content (AvgIpc) is 3.59. The molecule has 0 amide bonds. The van der Waals surface area contributed by atoms with Gasteiger partial charge in [-0.3, -0.25) is 18.7 Å². The number of benzene rings is 1. The molecule has 174 valence electrons. The van der Waals surface area contributed by atoms with Crippen LogP contribution >= 0.6 is 11.8 Å². The van der Waals surface area contributed by atoms with Gasteiger partial charge in [0.1, 0.15) is 5.75 Å². The van der Waals surface area contributed by atoms with E-state index < -0.39 is 5.82 Å². The zero-order chi connectivity index (χ0) is 24.1. The molecule has 9 nitrogen and oxygen atoms in total. The van der Waals surface area contributed by atoms with Gasteiger partial charge in [-0.05, 0) is 36.0 Å². The highest BCUT2D eigenvalue weighted by Crippen LogP contribution is 2.38. The van der Waals surface area contributed by atoms with E-state index in [-0.39, 0.29) is 5.65 Å². The number of halogens is 1. The monoisotopic (exact) mass is 486 g/mol. The van der Waals surface area contributed by atoms with Gasteiger partial charge in [0.2, 0.25) is 5.16 Å². The fraction of sp³-hybridized carbons (Fsp3) is 0.125. The van der Waals surface area contributed by atoms with Crippen LogP contribution in [0.25, 0.3) is 38.8 Å². The molecule has 0 unspecified atom stereocenters. The number of rotatable bonds is 5. The fourth-order valence-electron chi connectivity index (χ4n) is 4.03. The Labute approximate surface area is 203 Å². The van der Waals surface area contributed by atoms with E-state index in [1.54, 1.807) is 39.5 Å². The van der Waals surface area contributed by atoms with Gasteiger partial charge in [-0.15, -0.1) is 10.2 Å². The van der Waals surface area contributed by atoms with Gasteiger partial charge in [0.15, 0.2) is 11.5 Å². The van der Waals surface area contributed by atoms with Crippen molar-refractivity contribution in [3.8, 4) is 28.0 Å². The van der Waals surface area contributed by atoms with E-state index in [1.807, 2.05) is 50.9 Å². The zero-order valence-corrected chi connectivity index (χ0v) is 19.9. The van der Waals surface area contributed by atoms with E-state index in [0.29, 0.717) is 16.5 Å². The third kappa shape index (κ3) is 3.69. The number of ether oxygens (including phenoxy) is 1. The third-order valence-corrected chi connectivity index (χ3v) is 6.64. The van der Waals surface area contributed by atoms with Crippen molar-refractivity contribution >= 4 is 28.3 Å². The summed E-state index contributed by atoms with van der Waals surface area (Å²) in [5.41, 5.74) is 4.23. The lowest BCUT2D eigenvalue weighted by atomic mass is 10.1. The lowest BCUT2D eigenvalue weighted by Crippen LogP contribution is -1.94. The predicted molar refractivity (Wildman–Crippen MR) is 130 cm³/mol. The molecule has 0 fully saturated rings. The van der Waals surface area contributed by atoms with Crippen LogP contribution in [-0.2, 0) is 14.1 Å². The lowest BCUT2D eigenvalue weighted by Gasteiger charge is -2.11. The minimum Gasteiger partial charge on any atom is -0.495 e. The Balaban J connectivity index is 1.43. The standard InChI is InChI=1S/C24H19FN8OS/c1-31-11-15(8-27-31)14-6-20(25)23-29-30-24(33(23)13-14)35-17-4-5-21-18(7-17)22(34-3)19(10-26-21)16-9-28-32(2)12-16/h4-13H,1-3H3. The molecule has 0 N–H and O–H groups in total. The van der Waals surface area contributed by atoms with Crippen molar-refractivity contribution < 1.29 is 9.13 Å². The van der Waals surface area contributed by atoms with Crippen LogP contribution in [0.1, 0.15) is 0 Å². The summed E-state index contributed by atoms with van der Waals surface area (Å²) in [6.07, 6.45) is 10.8. The first-order valence-electron chi connectivity index (χ1n) is 10.7. The molecular formula is C24H19FN8OS. The van der Waals surface area contributed by atoms with Gasteiger partial charge in [-0.1, -0.05) is 0 Å². The molecule has 35 heavy (non-hydrogen) atoms. The Morgan fingerprint density at radius 2 is 1.66 bits per heavy atom. The Morgan fingerprint density at radius 1 is 0.886 bits per heavy atom. The van der Waals surface area contributed by atoms with Crippen LogP contribution in [-0.4, -0.2) is 46.3 Å². The van der Waals surface area contributed by atoms with Crippen LogP contribution in [0.15, 0.2) is 71.5 Å². The SMILES string of the molecule is COc1c(-c2cnn(C)c2)cnc2ccc(Sc3nnc4c(F)cc(-c5cnn(C)c5)cn34)cc12. The summed E-state index contributed by atoms with van der Waals surface area (Å²) >= 11 is 1.38. The van der Waals surface area contributed by atoms with Gasteiger partial charge in [-0.2, -0.15) is 10.2 Å². The molecular weight excluding hydrogens is 467 g/mol. The van der Waals surface area contributed by atoms with Gasteiger partial charge < -0.3 is 4.74 Å². The second-order valence-corrected chi connectivity index (χ2v) is 9.09. The van der Waals surface area contributed by atoms with Crippen LogP contribution < -0.4 is 4.74 Å². The Hall–Kier alpha value is -4.25. The second kappa shape index (κ2) is 8.20. The number of hydrogen-bond acceptors (Lipinski definition) is 7. The minimum absolute atomic E-state index is 0.166. The maximum absolute atomic E-state index is 14.8. The predicted octanol–water partition coefficient (Wildman–Crippen LogP) is 4.38. The highest BCUT2D eigenvalue weighted by Gasteiger charge is 2.17. The normalized spacial score (nSPS) is 11.5. The van der Waals surface area contributed by atoms with E-state index in [9.17, 15) is 4.39 Å². The molecule has 0 aliphatic carbocycles. The van der Waals surface area contributed by atoms with Crippen molar-refractivity contribution in [1.82, 2.24) is 39.1 Å². The number of pyridine rings is 2. The van der Waals surface area contributed by atoms with E-state index >= 15 is 0 Å². The summed E-state index contributed by atoms with van der Waals surface area (Å²) in [6.45, 7) is 0. The summed E-state index contributed by atoms with van der Waals surface area (Å²) in [5, 5.41) is 18.1. The Kier molecular flexibility index (Phi) is 4.99. The number of aromatic nitrogens is 8. The first-order chi connectivity index (χ1) is 17.0. The zero-order valence-electron chi connectivity index (χ0n) is 19.0. The maximum atomic E-state index is 14.8. The highest BCUT2D eigenvalue weighted by molar-refractivity contribution is 7.99. The summed E-state index contributed by atoms with van der Waals surface area (Å²) in [7, 11) is 5.33. The van der Waals surface area contributed by atoms with Crippen LogP contribution in [0.3, 0.4) is 0 Å². The number of nitrogens with zero attached hydrogens (tertiary/aromatic N) is 8.